The molecule has 6 nitrogen and oxygen atoms in total. The van der Waals surface area contributed by atoms with Crippen LogP contribution < -0.4 is 14.8 Å². The van der Waals surface area contributed by atoms with E-state index in [4.69, 9.17) is 14.6 Å². The number of nitrogens with one attached hydrogen (secondary N) is 1. The molecule has 0 aliphatic carbocycles. The van der Waals surface area contributed by atoms with Crippen molar-refractivity contribution in [3.63, 3.8) is 0 Å². The van der Waals surface area contributed by atoms with E-state index in [2.05, 4.69) is 5.32 Å². The largest absolute Gasteiger partial charge is 0.493 e. The van der Waals surface area contributed by atoms with Crippen LogP contribution in [0, 0.1) is 0 Å². The molecule has 0 bridgehead atoms. The fourth-order valence-corrected chi connectivity index (χ4v) is 1.78. The minimum absolute atomic E-state index is 0.0791. The van der Waals surface area contributed by atoms with Gasteiger partial charge in [-0.2, -0.15) is 0 Å². The highest BCUT2D eigenvalue weighted by Gasteiger charge is 2.14. The molecule has 6 heteroatoms. The first kappa shape index (κ1) is 15.8. The number of aliphatic carboxylic acids is 1. The van der Waals surface area contributed by atoms with Crippen LogP contribution in [0.5, 0.6) is 11.5 Å². The molecular formula is C14H19NO5. The van der Waals surface area contributed by atoms with Gasteiger partial charge in [0, 0.05) is 30.3 Å². The van der Waals surface area contributed by atoms with Crippen molar-refractivity contribution in [2.24, 2.45) is 0 Å². The summed E-state index contributed by atoms with van der Waals surface area (Å²) in [4.78, 5) is 22.1. The zero-order chi connectivity index (χ0) is 15.1. The maximum absolute atomic E-state index is 11.6. The quantitative estimate of drug-likeness (QED) is 0.561. The average Bonchev–Trinajstić information content (AvgIpc) is 2.42. The molecule has 110 valence electrons. The van der Waals surface area contributed by atoms with Crippen LogP contribution in [-0.2, 0) is 4.79 Å². The highest BCUT2D eigenvalue weighted by molar-refractivity contribution is 6.00. The maximum Gasteiger partial charge on any atom is 0.303 e. The SMILES string of the molecule is COc1cc(NCCCC(=O)O)c(C(C)=O)cc1OC. The Kier molecular flexibility index (Phi) is 5.83. The molecule has 0 aromatic heterocycles. The zero-order valence-electron chi connectivity index (χ0n) is 11.9. The number of hydrogen-bond donors (Lipinski definition) is 2. The summed E-state index contributed by atoms with van der Waals surface area (Å²) >= 11 is 0. The number of Topliss-reactive ketones (excluding diaryl/α,β-unsaturated/α-hetero) is 1. The molecule has 0 unspecified atom stereocenters. The lowest BCUT2D eigenvalue weighted by atomic mass is 10.1. The van der Waals surface area contributed by atoms with Crippen LogP contribution in [0.2, 0.25) is 0 Å². The summed E-state index contributed by atoms with van der Waals surface area (Å²) < 4.78 is 10.3. The van der Waals surface area contributed by atoms with Gasteiger partial charge in [-0.1, -0.05) is 0 Å². The van der Waals surface area contributed by atoms with E-state index < -0.39 is 5.97 Å². The van der Waals surface area contributed by atoms with Crippen molar-refractivity contribution in [2.45, 2.75) is 19.8 Å². The van der Waals surface area contributed by atoms with E-state index in [1.165, 1.54) is 21.1 Å². The molecule has 1 aromatic carbocycles. The number of carboxylic acids is 1. The summed E-state index contributed by atoms with van der Waals surface area (Å²) in [5.41, 5.74) is 1.10. The van der Waals surface area contributed by atoms with Gasteiger partial charge in [0.05, 0.1) is 14.2 Å². The van der Waals surface area contributed by atoms with Gasteiger partial charge in [-0.05, 0) is 19.4 Å². The number of carboxylic acid groups (broad SMARTS) is 1. The summed E-state index contributed by atoms with van der Waals surface area (Å²) in [5.74, 6) is 0.0459. The molecular weight excluding hydrogens is 262 g/mol. The molecule has 1 aromatic rings. The molecule has 0 atom stereocenters. The van der Waals surface area contributed by atoms with E-state index in [1.807, 2.05) is 0 Å². The summed E-state index contributed by atoms with van der Waals surface area (Å²) in [6.45, 7) is 1.92. The summed E-state index contributed by atoms with van der Waals surface area (Å²) in [6.07, 6.45) is 0.552. The minimum Gasteiger partial charge on any atom is -0.493 e. The first-order chi connectivity index (χ1) is 9.49. The molecule has 1 rings (SSSR count). The highest BCUT2D eigenvalue weighted by atomic mass is 16.5. The number of ether oxygens (including phenoxy) is 2. The monoisotopic (exact) mass is 281 g/mol. The molecule has 0 spiro atoms. The summed E-state index contributed by atoms with van der Waals surface area (Å²) in [6, 6.07) is 3.29. The lowest BCUT2D eigenvalue weighted by Crippen LogP contribution is -2.09. The van der Waals surface area contributed by atoms with Gasteiger partial charge in [-0.25, -0.2) is 0 Å². The van der Waals surface area contributed by atoms with Crippen LogP contribution in [0.25, 0.3) is 0 Å². The Morgan fingerprint density at radius 3 is 2.30 bits per heavy atom. The first-order valence-corrected chi connectivity index (χ1v) is 6.22. The van der Waals surface area contributed by atoms with E-state index in [0.717, 1.165) is 0 Å². The van der Waals surface area contributed by atoms with Crippen molar-refractivity contribution in [1.82, 2.24) is 0 Å². The third-order valence-corrected chi connectivity index (χ3v) is 2.79. The number of anilines is 1. The molecule has 0 fully saturated rings. The van der Waals surface area contributed by atoms with E-state index in [1.54, 1.807) is 12.1 Å². The average molecular weight is 281 g/mol. The molecule has 0 amide bonds. The number of hydrogen-bond acceptors (Lipinski definition) is 5. The minimum atomic E-state index is -0.842. The Balaban J connectivity index is 2.92. The fourth-order valence-electron chi connectivity index (χ4n) is 1.78. The Bertz CT molecular complexity index is 499. The lowest BCUT2D eigenvalue weighted by molar-refractivity contribution is -0.137. The molecule has 0 saturated heterocycles. The molecule has 0 saturated carbocycles. The van der Waals surface area contributed by atoms with Crippen LogP contribution in [0.4, 0.5) is 5.69 Å². The second kappa shape index (κ2) is 7.37. The molecule has 20 heavy (non-hydrogen) atoms. The smallest absolute Gasteiger partial charge is 0.303 e. The number of benzene rings is 1. The van der Waals surface area contributed by atoms with Crippen LogP contribution in [0.15, 0.2) is 12.1 Å². The van der Waals surface area contributed by atoms with Gasteiger partial charge in [-0.15, -0.1) is 0 Å². The Hall–Kier alpha value is -2.24. The third kappa shape index (κ3) is 4.15. The second-order valence-corrected chi connectivity index (χ2v) is 4.23. The zero-order valence-corrected chi connectivity index (χ0v) is 11.9. The predicted octanol–water partition coefficient (Wildman–Crippen LogP) is 2.18. The summed E-state index contributed by atoms with van der Waals surface area (Å²) in [5, 5.41) is 11.6. The highest BCUT2D eigenvalue weighted by Crippen LogP contribution is 2.33. The third-order valence-electron chi connectivity index (χ3n) is 2.79. The van der Waals surface area contributed by atoms with Crippen LogP contribution in [0.3, 0.4) is 0 Å². The Morgan fingerprint density at radius 1 is 1.20 bits per heavy atom. The number of carbonyl (C=O) groups is 2. The number of carbonyl (C=O) groups excluding carboxylic acids is 1. The molecule has 0 aliphatic heterocycles. The van der Waals surface area contributed by atoms with Crippen molar-refractivity contribution in [2.75, 3.05) is 26.1 Å². The second-order valence-electron chi connectivity index (χ2n) is 4.23. The predicted molar refractivity (Wildman–Crippen MR) is 74.9 cm³/mol. The van der Waals surface area contributed by atoms with E-state index in [0.29, 0.717) is 35.7 Å². The molecule has 0 aliphatic rings. The Labute approximate surface area is 117 Å². The maximum atomic E-state index is 11.6. The fraction of sp³-hybridized carbons (Fsp3) is 0.429. The topological polar surface area (TPSA) is 84.9 Å². The normalized spacial score (nSPS) is 9.95. The number of rotatable bonds is 8. The van der Waals surface area contributed by atoms with Crippen LogP contribution in [-0.4, -0.2) is 37.6 Å². The van der Waals surface area contributed by atoms with Gasteiger partial charge < -0.3 is 19.9 Å². The first-order valence-electron chi connectivity index (χ1n) is 6.22. The van der Waals surface area contributed by atoms with Gasteiger partial charge in [0.1, 0.15) is 0 Å². The molecule has 0 radical (unpaired) electrons. The van der Waals surface area contributed by atoms with Crippen molar-refractivity contribution in [1.29, 1.82) is 0 Å². The van der Waals surface area contributed by atoms with Crippen molar-refractivity contribution >= 4 is 17.4 Å². The van der Waals surface area contributed by atoms with Gasteiger partial charge in [0.15, 0.2) is 17.3 Å². The Morgan fingerprint density at radius 2 is 1.80 bits per heavy atom. The molecule has 0 heterocycles. The standard InChI is InChI=1S/C14H19NO5/c1-9(16)10-7-12(19-2)13(20-3)8-11(10)15-6-4-5-14(17)18/h7-8,15H,4-6H2,1-3H3,(H,17,18). The van der Waals surface area contributed by atoms with Gasteiger partial charge in [0.2, 0.25) is 0 Å². The van der Waals surface area contributed by atoms with Crippen LogP contribution in [0.1, 0.15) is 30.1 Å². The molecule has 2 N–H and O–H groups in total. The van der Waals surface area contributed by atoms with E-state index in [-0.39, 0.29) is 12.2 Å². The van der Waals surface area contributed by atoms with Crippen molar-refractivity contribution < 1.29 is 24.2 Å². The number of ketones is 1. The van der Waals surface area contributed by atoms with Crippen molar-refractivity contribution in [3.8, 4) is 11.5 Å². The van der Waals surface area contributed by atoms with Crippen molar-refractivity contribution in [3.05, 3.63) is 17.7 Å². The van der Waals surface area contributed by atoms with Gasteiger partial charge in [-0.3, -0.25) is 9.59 Å². The van der Waals surface area contributed by atoms with Gasteiger partial charge >= 0.3 is 5.97 Å². The van der Waals surface area contributed by atoms with E-state index in [9.17, 15) is 9.59 Å². The summed E-state index contributed by atoms with van der Waals surface area (Å²) in [7, 11) is 3.02. The number of methoxy groups -OCH3 is 2. The van der Waals surface area contributed by atoms with Crippen LogP contribution >= 0.6 is 0 Å². The van der Waals surface area contributed by atoms with Gasteiger partial charge in [0.25, 0.3) is 0 Å². The lowest BCUT2D eigenvalue weighted by Gasteiger charge is -2.14. The van der Waals surface area contributed by atoms with E-state index >= 15 is 0 Å².